The lowest BCUT2D eigenvalue weighted by molar-refractivity contribution is -0.126. The van der Waals surface area contributed by atoms with Gasteiger partial charge in [-0.25, -0.2) is 4.98 Å². The van der Waals surface area contributed by atoms with Crippen LogP contribution in [-0.2, 0) is 4.79 Å². The summed E-state index contributed by atoms with van der Waals surface area (Å²) >= 11 is 0. The van der Waals surface area contributed by atoms with Gasteiger partial charge in [-0.15, -0.1) is 0 Å². The van der Waals surface area contributed by atoms with Gasteiger partial charge in [0.1, 0.15) is 6.04 Å². The van der Waals surface area contributed by atoms with E-state index in [2.05, 4.69) is 20.8 Å². The predicted molar refractivity (Wildman–Crippen MR) is 97.4 cm³/mol. The van der Waals surface area contributed by atoms with Crippen molar-refractivity contribution >= 4 is 22.9 Å². The molecule has 1 saturated heterocycles. The quantitative estimate of drug-likeness (QED) is 0.837. The Hall–Kier alpha value is -2.48. The average molecular weight is 369 g/mol. The fourth-order valence-corrected chi connectivity index (χ4v) is 3.73. The molecule has 0 unspecified atom stereocenters. The highest BCUT2D eigenvalue weighted by Crippen LogP contribution is 2.40. The molecule has 3 aliphatic rings. The molecule has 1 atom stereocenters. The van der Waals surface area contributed by atoms with Crippen LogP contribution in [0.25, 0.3) is 11.1 Å². The molecule has 0 spiro atoms. The summed E-state index contributed by atoms with van der Waals surface area (Å²) < 4.78 is 5.36. The van der Waals surface area contributed by atoms with Gasteiger partial charge in [0, 0.05) is 37.3 Å². The number of hydrogen-bond donors (Lipinski definition) is 2. The number of aromatic nitrogens is 2. The molecule has 2 aromatic rings. The highest BCUT2D eigenvalue weighted by atomic mass is 16.5. The van der Waals surface area contributed by atoms with Crippen LogP contribution < -0.4 is 10.6 Å². The van der Waals surface area contributed by atoms with Gasteiger partial charge < -0.3 is 20.1 Å². The fourth-order valence-electron chi connectivity index (χ4n) is 3.73. The number of nitrogens with zero attached hydrogens (tertiary/aromatic N) is 3. The SMILES string of the molecule is Cc1noc2nc(C3CC3)cc(C(=O)N3CCNC[C@H]3C(=O)NC3CC3)c12. The zero-order chi connectivity index (χ0) is 18.5. The summed E-state index contributed by atoms with van der Waals surface area (Å²) in [6, 6.07) is 1.65. The van der Waals surface area contributed by atoms with Gasteiger partial charge in [-0.2, -0.15) is 0 Å². The van der Waals surface area contributed by atoms with Crippen LogP contribution in [0.5, 0.6) is 0 Å². The standard InChI is InChI=1S/C19H23N5O3/c1-10-16-13(8-14(11-2-3-11)22-18(16)27-23-10)19(26)24-7-6-20-9-15(24)17(25)21-12-4-5-12/h8,11-12,15,20H,2-7,9H2,1H3,(H,21,25)/t15-/m0/s1. The van der Waals surface area contributed by atoms with E-state index in [0.717, 1.165) is 31.4 Å². The molecule has 2 N–H and O–H groups in total. The van der Waals surface area contributed by atoms with Crippen molar-refractivity contribution in [3.63, 3.8) is 0 Å². The Bertz CT molecular complexity index is 915. The van der Waals surface area contributed by atoms with Crippen LogP contribution in [0.15, 0.2) is 10.6 Å². The first-order valence-electron chi connectivity index (χ1n) is 9.71. The third kappa shape index (κ3) is 3.07. The van der Waals surface area contributed by atoms with Crippen LogP contribution in [0.4, 0.5) is 0 Å². The first-order valence-corrected chi connectivity index (χ1v) is 9.71. The van der Waals surface area contributed by atoms with Crippen LogP contribution in [0.2, 0.25) is 0 Å². The van der Waals surface area contributed by atoms with Gasteiger partial charge in [0.2, 0.25) is 5.91 Å². The number of piperazine rings is 1. The third-order valence-electron chi connectivity index (χ3n) is 5.59. The van der Waals surface area contributed by atoms with Gasteiger partial charge in [-0.1, -0.05) is 5.16 Å². The number of carbonyl (C=O) groups excluding carboxylic acids is 2. The van der Waals surface area contributed by atoms with Gasteiger partial charge >= 0.3 is 0 Å². The van der Waals surface area contributed by atoms with Crippen LogP contribution in [-0.4, -0.2) is 58.6 Å². The number of hydrogen-bond acceptors (Lipinski definition) is 6. The maximum absolute atomic E-state index is 13.5. The Morgan fingerprint density at radius 2 is 2.11 bits per heavy atom. The van der Waals surface area contributed by atoms with Crippen molar-refractivity contribution in [2.45, 2.75) is 50.6 Å². The van der Waals surface area contributed by atoms with Crippen molar-refractivity contribution in [3.05, 3.63) is 23.0 Å². The van der Waals surface area contributed by atoms with Gasteiger partial charge in [0.25, 0.3) is 11.6 Å². The minimum Gasteiger partial charge on any atom is -0.352 e. The lowest BCUT2D eigenvalue weighted by Crippen LogP contribution is -2.59. The van der Waals surface area contributed by atoms with E-state index in [1.807, 2.05) is 13.0 Å². The summed E-state index contributed by atoms with van der Waals surface area (Å²) in [5, 5.41) is 10.9. The van der Waals surface area contributed by atoms with Gasteiger partial charge in [-0.05, 0) is 38.7 Å². The molecule has 27 heavy (non-hydrogen) atoms. The van der Waals surface area contributed by atoms with Gasteiger partial charge in [0.05, 0.1) is 16.6 Å². The molecular weight excluding hydrogens is 346 g/mol. The summed E-state index contributed by atoms with van der Waals surface area (Å²) in [6.07, 6.45) is 4.21. The van der Waals surface area contributed by atoms with Crippen molar-refractivity contribution in [3.8, 4) is 0 Å². The molecule has 0 aromatic carbocycles. The Morgan fingerprint density at radius 1 is 1.30 bits per heavy atom. The minimum absolute atomic E-state index is 0.0761. The Labute approximate surface area is 156 Å². The number of fused-ring (bicyclic) bond motifs is 1. The molecule has 2 saturated carbocycles. The number of pyridine rings is 1. The normalized spacial score (nSPS) is 22.9. The molecule has 5 rings (SSSR count). The minimum atomic E-state index is -0.500. The van der Waals surface area contributed by atoms with Crippen LogP contribution in [0, 0.1) is 6.92 Å². The smallest absolute Gasteiger partial charge is 0.259 e. The van der Waals surface area contributed by atoms with Crippen molar-refractivity contribution in [2.75, 3.05) is 19.6 Å². The molecular formula is C19H23N5O3. The van der Waals surface area contributed by atoms with Crippen molar-refractivity contribution in [1.82, 2.24) is 25.7 Å². The van der Waals surface area contributed by atoms with E-state index in [9.17, 15) is 9.59 Å². The first-order chi connectivity index (χ1) is 13.1. The van der Waals surface area contributed by atoms with E-state index in [1.54, 1.807) is 4.90 Å². The fraction of sp³-hybridized carbons (Fsp3) is 0.579. The Balaban J connectivity index is 1.51. The van der Waals surface area contributed by atoms with E-state index in [1.165, 1.54) is 0 Å². The second-order valence-electron chi connectivity index (χ2n) is 7.82. The number of nitrogens with one attached hydrogen (secondary N) is 2. The highest BCUT2D eigenvalue weighted by Gasteiger charge is 2.37. The molecule has 0 bridgehead atoms. The number of rotatable bonds is 4. The maximum Gasteiger partial charge on any atom is 0.259 e. The largest absolute Gasteiger partial charge is 0.352 e. The van der Waals surface area contributed by atoms with E-state index in [-0.39, 0.29) is 17.9 Å². The molecule has 8 heteroatoms. The van der Waals surface area contributed by atoms with Crippen molar-refractivity contribution < 1.29 is 14.1 Å². The lowest BCUT2D eigenvalue weighted by Gasteiger charge is -2.35. The van der Waals surface area contributed by atoms with E-state index in [0.29, 0.717) is 47.9 Å². The zero-order valence-corrected chi connectivity index (χ0v) is 15.3. The molecule has 8 nitrogen and oxygen atoms in total. The average Bonchev–Trinajstić information content (AvgIpc) is 3.60. The van der Waals surface area contributed by atoms with E-state index < -0.39 is 6.04 Å². The lowest BCUT2D eigenvalue weighted by atomic mass is 10.0. The van der Waals surface area contributed by atoms with E-state index >= 15 is 0 Å². The van der Waals surface area contributed by atoms with Gasteiger partial charge in [0.15, 0.2) is 0 Å². The molecule has 2 aliphatic carbocycles. The molecule has 1 aliphatic heterocycles. The molecule has 3 heterocycles. The number of aryl methyl sites for hydroxylation is 1. The Kier molecular flexibility index (Phi) is 3.89. The summed E-state index contributed by atoms with van der Waals surface area (Å²) in [6.45, 7) is 3.45. The molecule has 142 valence electrons. The van der Waals surface area contributed by atoms with Crippen molar-refractivity contribution in [2.24, 2.45) is 0 Å². The zero-order valence-electron chi connectivity index (χ0n) is 15.3. The Morgan fingerprint density at radius 3 is 2.85 bits per heavy atom. The molecule has 2 aromatic heterocycles. The summed E-state index contributed by atoms with van der Waals surface area (Å²) in [5.74, 6) is 0.171. The number of carbonyl (C=O) groups is 2. The second kappa shape index (κ2) is 6.30. The van der Waals surface area contributed by atoms with Gasteiger partial charge in [-0.3, -0.25) is 9.59 Å². The summed E-state index contributed by atoms with van der Waals surface area (Å²) in [4.78, 5) is 32.4. The van der Waals surface area contributed by atoms with Crippen molar-refractivity contribution in [1.29, 1.82) is 0 Å². The predicted octanol–water partition coefficient (Wildman–Crippen LogP) is 1.10. The third-order valence-corrected chi connectivity index (χ3v) is 5.59. The molecule has 2 amide bonds. The monoisotopic (exact) mass is 369 g/mol. The summed E-state index contributed by atoms with van der Waals surface area (Å²) in [5.41, 5.74) is 2.49. The highest BCUT2D eigenvalue weighted by molar-refractivity contribution is 6.07. The molecule has 3 fully saturated rings. The van der Waals surface area contributed by atoms with Crippen LogP contribution in [0.3, 0.4) is 0 Å². The topological polar surface area (TPSA) is 100 Å². The van der Waals surface area contributed by atoms with E-state index in [4.69, 9.17) is 4.52 Å². The number of amides is 2. The molecule has 0 radical (unpaired) electrons. The first kappa shape index (κ1) is 16.7. The maximum atomic E-state index is 13.5. The summed E-state index contributed by atoms with van der Waals surface area (Å²) in [7, 11) is 0. The van der Waals surface area contributed by atoms with Crippen LogP contribution in [0.1, 0.15) is 53.3 Å². The van der Waals surface area contributed by atoms with Crippen LogP contribution >= 0.6 is 0 Å². The second-order valence-corrected chi connectivity index (χ2v) is 7.82.